The van der Waals surface area contributed by atoms with Crippen LogP contribution in [0.1, 0.15) is 30.9 Å². The molecular weight excluding hydrogens is 260 g/mol. The maximum atomic E-state index is 10.6. The molecule has 1 saturated heterocycles. The maximum absolute atomic E-state index is 10.6. The molecule has 1 aliphatic rings. The zero-order valence-electron chi connectivity index (χ0n) is 11.1. The third-order valence-corrected chi connectivity index (χ3v) is 4.27. The Morgan fingerprint density at radius 2 is 2.26 bits per heavy atom. The van der Waals surface area contributed by atoms with Gasteiger partial charge in [-0.15, -0.1) is 0 Å². The Kier molecular flexibility index (Phi) is 3.52. The number of hydrogen-bond donors (Lipinski definition) is 2. The van der Waals surface area contributed by atoms with Gasteiger partial charge in [0.15, 0.2) is 0 Å². The quantitative estimate of drug-likeness (QED) is 0.886. The molecule has 1 aromatic carbocycles. The smallest absolute Gasteiger partial charge is 0.0963 e. The van der Waals surface area contributed by atoms with Crippen LogP contribution >= 0.6 is 11.6 Å². The summed E-state index contributed by atoms with van der Waals surface area (Å²) in [5, 5.41) is 15.9. The molecule has 0 amide bonds. The summed E-state index contributed by atoms with van der Waals surface area (Å²) >= 11 is 6.04. The molecule has 2 N–H and O–H groups in total. The summed E-state index contributed by atoms with van der Waals surface area (Å²) in [4.78, 5) is 0. The molecule has 2 unspecified atom stereocenters. The summed E-state index contributed by atoms with van der Waals surface area (Å²) in [7, 11) is 1.99. The zero-order valence-corrected chi connectivity index (χ0v) is 11.8. The van der Waals surface area contributed by atoms with Crippen molar-refractivity contribution in [2.75, 3.05) is 6.54 Å². The number of aliphatic hydroxyl groups excluding tert-OH is 1. The Bertz CT molecular complexity index is 587. The van der Waals surface area contributed by atoms with Crippen molar-refractivity contribution in [3.05, 3.63) is 35.0 Å². The minimum Gasteiger partial charge on any atom is -0.387 e. The molecule has 1 aliphatic heterocycles. The van der Waals surface area contributed by atoms with E-state index in [1.54, 1.807) is 0 Å². The first-order valence-corrected chi connectivity index (χ1v) is 7.20. The molecule has 0 saturated carbocycles. The van der Waals surface area contributed by atoms with Gasteiger partial charge in [0.1, 0.15) is 0 Å². The summed E-state index contributed by atoms with van der Waals surface area (Å²) in [5.74, 6) is 0. The van der Waals surface area contributed by atoms with Gasteiger partial charge in [-0.3, -0.25) is 0 Å². The summed E-state index contributed by atoms with van der Waals surface area (Å²) in [6, 6.07) is 5.99. The first kappa shape index (κ1) is 13.0. The molecule has 2 heterocycles. The molecule has 2 aromatic rings. The van der Waals surface area contributed by atoms with Crippen molar-refractivity contribution in [3.8, 4) is 0 Å². The van der Waals surface area contributed by atoms with E-state index in [-0.39, 0.29) is 6.04 Å². The Labute approximate surface area is 118 Å². The molecule has 3 rings (SSSR count). The molecule has 3 nitrogen and oxygen atoms in total. The van der Waals surface area contributed by atoms with Gasteiger partial charge in [0.2, 0.25) is 0 Å². The van der Waals surface area contributed by atoms with E-state index in [4.69, 9.17) is 11.6 Å². The van der Waals surface area contributed by atoms with E-state index in [0.29, 0.717) is 0 Å². The van der Waals surface area contributed by atoms with Gasteiger partial charge in [-0.25, -0.2) is 0 Å². The third-order valence-electron chi connectivity index (χ3n) is 4.03. The summed E-state index contributed by atoms with van der Waals surface area (Å²) in [5.41, 5.74) is 2.06. The van der Waals surface area contributed by atoms with Crippen LogP contribution < -0.4 is 5.32 Å². The van der Waals surface area contributed by atoms with E-state index in [1.807, 2.05) is 36.0 Å². The second-order valence-electron chi connectivity index (χ2n) is 5.36. The highest BCUT2D eigenvalue weighted by Gasteiger charge is 2.25. The van der Waals surface area contributed by atoms with Gasteiger partial charge in [0.25, 0.3) is 0 Å². The third kappa shape index (κ3) is 2.38. The molecule has 19 heavy (non-hydrogen) atoms. The average molecular weight is 279 g/mol. The van der Waals surface area contributed by atoms with Crippen LogP contribution in [0.5, 0.6) is 0 Å². The van der Waals surface area contributed by atoms with Gasteiger partial charge in [-0.1, -0.05) is 24.1 Å². The summed E-state index contributed by atoms with van der Waals surface area (Å²) in [6.45, 7) is 0.998. The van der Waals surface area contributed by atoms with E-state index in [2.05, 4.69) is 5.32 Å². The highest BCUT2D eigenvalue weighted by Crippen LogP contribution is 2.31. The van der Waals surface area contributed by atoms with Crippen LogP contribution in [-0.4, -0.2) is 22.3 Å². The lowest BCUT2D eigenvalue weighted by molar-refractivity contribution is 0.115. The number of aryl methyl sites for hydroxylation is 1. The normalized spacial score (nSPS) is 21.7. The van der Waals surface area contributed by atoms with Crippen LogP contribution in [0.3, 0.4) is 0 Å². The SMILES string of the molecule is Cn1cc(C(O)C2CCCCN2)c2ccc(Cl)cc21. The van der Waals surface area contributed by atoms with Crippen LogP contribution in [-0.2, 0) is 7.05 Å². The monoisotopic (exact) mass is 278 g/mol. The lowest BCUT2D eigenvalue weighted by Gasteiger charge is -2.27. The van der Waals surface area contributed by atoms with Crippen molar-refractivity contribution in [3.63, 3.8) is 0 Å². The molecule has 2 atom stereocenters. The fourth-order valence-electron chi connectivity index (χ4n) is 2.99. The van der Waals surface area contributed by atoms with Crippen LogP contribution in [0.15, 0.2) is 24.4 Å². The molecule has 0 aliphatic carbocycles. The Balaban J connectivity index is 2.00. The van der Waals surface area contributed by atoms with Crippen molar-refractivity contribution >= 4 is 22.5 Å². The van der Waals surface area contributed by atoms with Gasteiger partial charge in [0.05, 0.1) is 6.10 Å². The minimum atomic E-state index is -0.454. The summed E-state index contributed by atoms with van der Waals surface area (Å²) < 4.78 is 2.03. The number of nitrogens with zero attached hydrogens (tertiary/aromatic N) is 1. The van der Waals surface area contributed by atoms with E-state index in [9.17, 15) is 5.11 Å². The van der Waals surface area contributed by atoms with Crippen LogP contribution in [0.25, 0.3) is 10.9 Å². The molecule has 1 aromatic heterocycles. The first-order valence-electron chi connectivity index (χ1n) is 6.83. The van der Waals surface area contributed by atoms with Gasteiger partial charge < -0.3 is 15.0 Å². The Morgan fingerprint density at radius 1 is 1.42 bits per heavy atom. The predicted molar refractivity (Wildman–Crippen MR) is 78.5 cm³/mol. The second-order valence-corrected chi connectivity index (χ2v) is 5.79. The van der Waals surface area contributed by atoms with Gasteiger partial charge in [-0.2, -0.15) is 0 Å². The molecular formula is C15H19ClN2O. The molecule has 102 valence electrons. The molecule has 0 radical (unpaired) electrons. The first-order chi connectivity index (χ1) is 9.16. The number of aliphatic hydroxyl groups is 1. The lowest BCUT2D eigenvalue weighted by Crippen LogP contribution is -2.38. The number of benzene rings is 1. The average Bonchev–Trinajstić information content (AvgIpc) is 2.76. The number of fused-ring (bicyclic) bond motifs is 1. The fraction of sp³-hybridized carbons (Fsp3) is 0.467. The van der Waals surface area contributed by atoms with E-state index < -0.39 is 6.10 Å². The molecule has 1 fully saturated rings. The largest absolute Gasteiger partial charge is 0.387 e. The lowest BCUT2D eigenvalue weighted by atomic mass is 9.95. The van der Waals surface area contributed by atoms with E-state index in [1.165, 1.54) is 12.8 Å². The Hall–Kier alpha value is -1.03. The fourth-order valence-corrected chi connectivity index (χ4v) is 3.16. The van der Waals surface area contributed by atoms with Crippen molar-refractivity contribution in [1.82, 2.24) is 9.88 Å². The van der Waals surface area contributed by atoms with E-state index in [0.717, 1.165) is 34.5 Å². The van der Waals surface area contributed by atoms with Crippen LogP contribution in [0.4, 0.5) is 0 Å². The standard InChI is InChI=1S/C15H19ClN2O/c1-18-9-12(11-6-5-10(16)8-14(11)18)15(19)13-4-2-3-7-17-13/h5-6,8-9,13,15,17,19H,2-4,7H2,1H3. The van der Waals surface area contributed by atoms with Gasteiger partial charge in [0, 0.05) is 40.8 Å². The van der Waals surface area contributed by atoms with Crippen molar-refractivity contribution in [1.29, 1.82) is 0 Å². The van der Waals surface area contributed by atoms with Crippen molar-refractivity contribution < 1.29 is 5.11 Å². The van der Waals surface area contributed by atoms with Gasteiger partial charge >= 0.3 is 0 Å². The maximum Gasteiger partial charge on any atom is 0.0963 e. The second kappa shape index (κ2) is 5.16. The van der Waals surface area contributed by atoms with Crippen LogP contribution in [0.2, 0.25) is 5.02 Å². The number of piperidine rings is 1. The van der Waals surface area contributed by atoms with Crippen molar-refractivity contribution in [2.24, 2.45) is 7.05 Å². The summed E-state index contributed by atoms with van der Waals surface area (Å²) in [6.07, 6.45) is 4.98. The van der Waals surface area contributed by atoms with E-state index >= 15 is 0 Å². The van der Waals surface area contributed by atoms with Crippen LogP contribution in [0, 0.1) is 0 Å². The molecule has 4 heteroatoms. The number of nitrogens with one attached hydrogen (secondary N) is 1. The van der Waals surface area contributed by atoms with Gasteiger partial charge in [-0.05, 0) is 31.5 Å². The minimum absolute atomic E-state index is 0.162. The topological polar surface area (TPSA) is 37.2 Å². The number of aromatic nitrogens is 1. The number of rotatable bonds is 2. The zero-order chi connectivity index (χ0) is 13.4. The highest BCUT2D eigenvalue weighted by molar-refractivity contribution is 6.31. The Morgan fingerprint density at radius 3 is 3.00 bits per heavy atom. The van der Waals surface area contributed by atoms with Crippen molar-refractivity contribution in [2.45, 2.75) is 31.4 Å². The number of halogens is 1. The molecule has 0 spiro atoms. The molecule has 0 bridgehead atoms. The highest BCUT2D eigenvalue weighted by atomic mass is 35.5. The number of hydrogen-bond acceptors (Lipinski definition) is 2. The predicted octanol–water partition coefficient (Wildman–Crippen LogP) is 3.01.